The first-order valence-corrected chi connectivity index (χ1v) is 9.29. The number of para-hydroxylation sites is 2. The molecule has 6 heteroatoms. The van der Waals surface area contributed by atoms with Gasteiger partial charge in [-0.15, -0.1) is 0 Å². The topological polar surface area (TPSA) is 70.7 Å². The van der Waals surface area contributed by atoms with Gasteiger partial charge in [0.25, 0.3) is 0 Å². The van der Waals surface area contributed by atoms with Crippen molar-refractivity contribution in [3.63, 3.8) is 0 Å². The maximum atomic E-state index is 12.4. The van der Waals surface area contributed by atoms with Gasteiger partial charge in [-0.3, -0.25) is 4.79 Å². The number of fused-ring (bicyclic) bond motifs is 1. The molecule has 1 heterocycles. The molecule has 126 valence electrons. The summed E-state index contributed by atoms with van der Waals surface area (Å²) in [5.74, 6) is 1.58. The minimum atomic E-state index is -0.0760. The number of aromatic nitrogens is 2. The Balaban J connectivity index is 1.73. The predicted octanol–water partition coefficient (Wildman–Crippen LogP) is 3.09. The van der Waals surface area contributed by atoms with Gasteiger partial charge in [0.05, 0.1) is 28.4 Å². The van der Waals surface area contributed by atoms with Gasteiger partial charge in [0.15, 0.2) is 0 Å². The van der Waals surface area contributed by atoms with Crippen LogP contribution in [0, 0.1) is 11.3 Å². The SMILES string of the molecule is CSCc1nc2ccccc2n1CC(=O)NCc1cccc(C#N)c1. The third kappa shape index (κ3) is 4.01. The number of hydrogen-bond donors (Lipinski definition) is 1. The molecule has 1 aromatic heterocycles. The highest BCUT2D eigenvalue weighted by molar-refractivity contribution is 7.97. The molecule has 0 aliphatic heterocycles. The van der Waals surface area contributed by atoms with Gasteiger partial charge in [0, 0.05) is 6.54 Å². The third-order valence-electron chi connectivity index (χ3n) is 3.85. The van der Waals surface area contributed by atoms with Crippen molar-refractivity contribution < 1.29 is 4.79 Å². The van der Waals surface area contributed by atoms with E-state index in [2.05, 4.69) is 16.4 Å². The second kappa shape index (κ2) is 7.86. The summed E-state index contributed by atoms with van der Waals surface area (Å²) < 4.78 is 1.97. The first-order valence-electron chi connectivity index (χ1n) is 7.90. The van der Waals surface area contributed by atoms with Crippen LogP contribution in [0.1, 0.15) is 17.0 Å². The Kier molecular flexibility index (Phi) is 5.36. The Bertz CT molecular complexity index is 942. The Hall–Kier alpha value is -2.78. The summed E-state index contributed by atoms with van der Waals surface area (Å²) in [5, 5.41) is 11.9. The predicted molar refractivity (Wildman–Crippen MR) is 100.0 cm³/mol. The summed E-state index contributed by atoms with van der Waals surface area (Å²) in [7, 11) is 0. The van der Waals surface area contributed by atoms with E-state index >= 15 is 0 Å². The summed E-state index contributed by atoms with van der Waals surface area (Å²) in [6.45, 7) is 0.632. The fraction of sp³-hybridized carbons (Fsp3) is 0.211. The van der Waals surface area contributed by atoms with Crippen LogP contribution in [0.3, 0.4) is 0 Å². The number of benzene rings is 2. The van der Waals surface area contributed by atoms with Gasteiger partial charge in [-0.2, -0.15) is 17.0 Å². The van der Waals surface area contributed by atoms with Crippen molar-refractivity contribution in [3.05, 3.63) is 65.5 Å². The van der Waals surface area contributed by atoms with Crippen LogP contribution in [0.25, 0.3) is 11.0 Å². The van der Waals surface area contributed by atoms with E-state index in [1.54, 1.807) is 23.9 Å². The van der Waals surface area contributed by atoms with E-state index in [4.69, 9.17) is 5.26 Å². The lowest BCUT2D eigenvalue weighted by Crippen LogP contribution is -2.27. The number of nitriles is 1. The van der Waals surface area contributed by atoms with Gasteiger partial charge >= 0.3 is 0 Å². The van der Waals surface area contributed by atoms with E-state index in [1.807, 2.05) is 47.2 Å². The van der Waals surface area contributed by atoms with Crippen molar-refractivity contribution >= 4 is 28.7 Å². The Labute approximate surface area is 150 Å². The minimum Gasteiger partial charge on any atom is -0.350 e. The molecule has 0 saturated carbocycles. The zero-order valence-corrected chi connectivity index (χ0v) is 14.7. The number of carbonyl (C=O) groups excluding carboxylic acids is 1. The number of nitrogens with one attached hydrogen (secondary N) is 1. The van der Waals surface area contributed by atoms with Crippen LogP contribution in [0.2, 0.25) is 0 Å². The van der Waals surface area contributed by atoms with Gasteiger partial charge in [-0.1, -0.05) is 24.3 Å². The molecular formula is C19H18N4OS. The van der Waals surface area contributed by atoms with Gasteiger partial charge in [-0.25, -0.2) is 4.98 Å². The number of imidazole rings is 1. The Morgan fingerprint density at radius 1 is 1.28 bits per heavy atom. The van der Waals surface area contributed by atoms with Gasteiger partial charge in [-0.05, 0) is 36.1 Å². The van der Waals surface area contributed by atoms with Gasteiger partial charge in [0.2, 0.25) is 5.91 Å². The van der Waals surface area contributed by atoms with Crippen LogP contribution in [-0.2, 0) is 23.6 Å². The molecule has 0 bridgehead atoms. The molecule has 0 atom stereocenters. The monoisotopic (exact) mass is 350 g/mol. The molecule has 2 aromatic carbocycles. The molecule has 1 amide bonds. The second-order valence-electron chi connectivity index (χ2n) is 5.62. The Morgan fingerprint density at radius 2 is 2.12 bits per heavy atom. The standard InChI is InChI=1S/C19H18N4OS/c1-25-13-18-22-16-7-2-3-8-17(16)23(18)12-19(24)21-11-15-6-4-5-14(9-15)10-20/h2-9H,11-13H2,1H3,(H,21,24). The summed E-state index contributed by atoms with van der Waals surface area (Å²) in [6.07, 6.45) is 2.02. The summed E-state index contributed by atoms with van der Waals surface area (Å²) >= 11 is 1.68. The van der Waals surface area contributed by atoms with Crippen molar-refractivity contribution in [2.24, 2.45) is 0 Å². The van der Waals surface area contributed by atoms with Crippen LogP contribution < -0.4 is 5.32 Å². The lowest BCUT2D eigenvalue weighted by Gasteiger charge is -2.10. The smallest absolute Gasteiger partial charge is 0.240 e. The van der Waals surface area contributed by atoms with E-state index in [0.717, 1.165) is 28.2 Å². The van der Waals surface area contributed by atoms with E-state index in [9.17, 15) is 4.79 Å². The van der Waals surface area contributed by atoms with Crippen molar-refractivity contribution in [2.45, 2.75) is 18.8 Å². The van der Waals surface area contributed by atoms with E-state index in [-0.39, 0.29) is 12.5 Å². The molecule has 3 aromatic rings. The minimum absolute atomic E-state index is 0.0760. The third-order valence-corrected chi connectivity index (χ3v) is 4.40. The Morgan fingerprint density at radius 3 is 2.92 bits per heavy atom. The fourth-order valence-corrected chi connectivity index (χ4v) is 3.17. The van der Waals surface area contributed by atoms with E-state index in [0.29, 0.717) is 12.1 Å². The molecule has 25 heavy (non-hydrogen) atoms. The summed E-state index contributed by atoms with van der Waals surface area (Å²) in [6, 6.07) is 17.2. The van der Waals surface area contributed by atoms with Gasteiger partial charge < -0.3 is 9.88 Å². The van der Waals surface area contributed by atoms with Crippen molar-refractivity contribution in [1.82, 2.24) is 14.9 Å². The average Bonchev–Trinajstić information content (AvgIpc) is 2.98. The largest absolute Gasteiger partial charge is 0.350 e. The molecule has 0 aliphatic rings. The van der Waals surface area contributed by atoms with Crippen LogP contribution in [0.4, 0.5) is 0 Å². The molecule has 0 fully saturated rings. The number of rotatable bonds is 6. The van der Waals surface area contributed by atoms with Crippen molar-refractivity contribution in [3.8, 4) is 6.07 Å². The highest BCUT2D eigenvalue weighted by Gasteiger charge is 2.13. The van der Waals surface area contributed by atoms with E-state index < -0.39 is 0 Å². The molecule has 0 radical (unpaired) electrons. The van der Waals surface area contributed by atoms with E-state index in [1.165, 1.54) is 0 Å². The highest BCUT2D eigenvalue weighted by atomic mass is 32.2. The molecule has 0 spiro atoms. The number of thioether (sulfide) groups is 1. The number of nitrogens with zero attached hydrogens (tertiary/aromatic N) is 3. The average molecular weight is 350 g/mol. The zero-order valence-electron chi connectivity index (χ0n) is 13.9. The van der Waals surface area contributed by atoms with Crippen molar-refractivity contribution in [2.75, 3.05) is 6.26 Å². The van der Waals surface area contributed by atoms with Crippen LogP contribution in [-0.4, -0.2) is 21.7 Å². The molecule has 5 nitrogen and oxygen atoms in total. The van der Waals surface area contributed by atoms with Gasteiger partial charge in [0.1, 0.15) is 12.4 Å². The zero-order chi connectivity index (χ0) is 17.6. The normalized spacial score (nSPS) is 10.6. The maximum absolute atomic E-state index is 12.4. The van der Waals surface area contributed by atoms with Crippen LogP contribution >= 0.6 is 11.8 Å². The first kappa shape index (κ1) is 17.1. The molecule has 0 unspecified atom stereocenters. The first-order chi connectivity index (χ1) is 12.2. The van der Waals surface area contributed by atoms with Crippen molar-refractivity contribution in [1.29, 1.82) is 5.26 Å². The number of amides is 1. The lowest BCUT2D eigenvalue weighted by molar-refractivity contribution is -0.121. The molecule has 3 rings (SSSR count). The lowest BCUT2D eigenvalue weighted by atomic mass is 10.1. The fourth-order valence-electron chi connectivity index (χ4n) is 2.69. The molecule has 0 saturated heterocycles. The highest BCUT2D eigenvalue weighted by Crippen LogP contribution is 2.18. The second-order valence-corrected chi connectivity index (χ2v) is 6.49. The maximum Gasteiger partial charge on any atom is 0.240 e. The number of hydrogen-bond acceptors (Lipinski definition) is 4. The molecule has 1 N–H and O–H groups in total. The quantitative estimate of drug-likeness (QED) is 0.742. The summed E-state index contributed by atoms with van der Waals surface area (Å²) in [4.78, 5) is 17.0. The molecular weight excluding hydrogens is 332 g/mol. The number of carbonyl (C=O) groups is 1. The summed E-state index contributed by atoms with van der Waals surface area (Å²) in [5.41, 5.74) is 3.37. The van der Waals surface area contributed by atoms with Crippen LogP contribution in [0.5, 0.6) is 0 Å². The molecule has 0 aliphatic carbocycles. The van der Waals surface area contributed by atoms with Crippen LogP contribution in [0.15, 0.2) is 48.5 Å².